The van der Waals surface area contributed by atoms with Crippen LogP contribution in [0.25, 0.3) is 0 Å². The number of ether oxygens (including phenoxy) is 2. The van der Waals surface area contributed by atoms with Crippen LogP contribution in [0.15, 0.2) is 0 Å². The molecule has 0 bridgehead atoms. The highest BCUT2D eigenvalue weighted by molar-refractivity contribution is 5.76. The van der Waals surface area contributed by atoms with Crippen molar-refractivity contribution in [2.75, 3.05) is 19.8 Å². The molecule has 0 aromatic carbocycles. The van der Waals surface area contributed by atoms with Gasteiger partial charge in [-0.1, -0.05) is 6.92 Å². The van der Waals surface area contributed by atoms with Gasteiger partial charge in [0, 0.05) is 26.0 Å². The molecule has 5 nitrogen and oxygen atoms in total. The maximum absolute atomic E-state index is 11.4. The number of esters is 1. The quantitative estimate of drug-likeness (QED) is 0.668. The average Bonchev–Trinajstić information content (AvgIpc) is 2.87. The number of hydrogen-bond donors (Lipinski definition) is 1. The van der Waals surface area contributed by atoms with Gasteiger partial charge >= 0.3 is 5.97 Å². The Balaban J connectivity index is 1.97. The molecule has 1 N–H and O–H groups in total. The molecule has 18 heavy (non-hydrogen) atoms. The zero-order chi connectivity index (χ0) is 13.2. The predicted molar refractivity (Wildman–Crippen MR) is 67.1 cm³/mol. The van der Waals surface area contributed by atoms with Crippen LogP contribution in [0.4, 0.5) is 0 Å². The zero-order valence-corrected chi connectivity index (χ0v) is 11.1. The topological polar surface area (TPSA) is 64.6 Å². The second kappa shape index (κ2) is 8.91. The van der Waals surface area contributed by atoms with Gasteiger partial charge in [0.1, 0.15) is 6.61 Å². The van der Waals surface area contributed by atoms with Gasteiger partial charge in [0.05, 0.1) is 6.10 Å². The number of carbonyl (C=O) groups is 2. The van der Waals surface area contributed by atoms with Crippen LogP contribution in [0.5, 0.6) is 0 Å². The van der Waals surface area contributed by atoms with Gasteiger partial charge in [0.25, 0.3) is 0 Å². The van der Waals surface area contributed by atoms with Crippen molar-refractivity contribution >= 4 is 11.9 Å². The number of carbonyl (C=O) groups excluding carboxylic acids is 2. The standard InChI is InChI=1S/C13H23NO4/c1-2-8-14-12(15)6-3-7-13(16)18-10-11-5-4-9-17-11/h11H,2-10H2,1H3,(H,14,15). The van der Waals surface area contributed by atoms with E-state index >= 15 is 0 Å². The molecular formula is C13H23NO4. The lowest BCUT2D eigenvalue weighted by atomic mass is 10.2. The molecule has 1 unspecified atom stereocenters. The monoisotopic (exact) mass is 257 g/mol. The van der Waals surface area contributed by atoms with Crippen LogP contribution in [-0.4, -0.2) is 37.7 Å². The van der Waals surface area contributed by atoms with E-state index in [9.17, 15) is 9.59 Å². The van der Waals surface area contributed by atoms with Gasteiger partial charge in [-0.05, 0) is 25.7 Å². The van der Waals surface area contributed by atoms with Crippen molar-refractivity contribution in [3.8, 4) is 0 Å². The van der Waals surface area contributed by atoms with E-state index in [0.717, 1.165) is 25.9 Å². The summed E-state index contributed by atoms with van der Waals surface area (Å²) in [6, 6.07) is 0. The smallest absolute Gasteiger partial charge is 0.305 e. The van der Waals surface area contributed by atoms with Crippen LogP contribution in [0.2, 0.25) is 0 Å². The summed E-state index contributed by atoms with van der Waals surface area (Å²) in [5.74, 6) is -0.238. The van der Waals surface area contributed by atoms with Gasteiger partial charge in [-0.2, -0.15) is 0 Å². The summed E-state index contributed by atoms with van der Waals surface area (Å²) in [5.41, 5.74) is 0. The molecule has 0 aromatic heterocycles. The van der Waals surface area contributed by atoms with Gasteiger partial charge in [-0.15, -0.1) is 0 Å². The normalized spacial score (nSPS) is 18.6. The molecule has 1 aliphatic heterocycles. The minimum Gasteiger partial charge on any atom is -0.463 e. The van der Waals surface area contributed by atoms with Gasteiger partial charge in [-0.3, -0.25) is 9.59 Å². The molecule has 0 saturated carbocycles. The van der Waals surface area contributed by atoms with Crippen LogP contribution < -0.4 is 5.32 Å². The van der Waals surface area contributed by atoms with E-state index < -0.39 is 0 Å². The van der Waals surface area contributed by atoms with E-state index in [1.165, 1.54) is 0 Å². The Bertz CT molecular complexity index is 262. The van der Waals surface area contributed by atoms with E-state index in [2.05, 4.69) is 5.32 Å². The second-order valence-electron chi connectivity index (χ2n) is 4.52. The highest BCUT2D eigenvalue weighted by atomic mass is 16.6. The number of amides is 1. The van der Waals surface area contributed by atoms with Crippen LogP contribution >= 0.6 is 0 Å². The Morgan fingerprint density at radius 2 is 2.22 bits per heavy atom. The largest absolute Gasteiger partial charge is 0.463 e. The van der Waals surface area contributed by atoms with Crippen molar-refractivity contribution in [1.29, 1.82) is 0 Å². The van der Waals surface area contributed by atoms with Crippen LogP contribution in [0.1, 0.15) is 45.4 Å². The summed E-state index contributed by atoms with van der Waals surface area (Å²) in [5, 5.41) is 2.77. The Morgan fingerprint density at radius 1 is 1.39 bits per heavy atom. The predicted octanol–water partition coefficient (Wildman–Crippen LogP) is 1.41. The zero-order valence-electron chi connectivity index (χ0n) is 11.1. The fraction of sp³-hybridized carbons (Fsp3) is 0.846. The molecule has 1 heterocycles. The maximum Gasteiger partial charge on any atom is 0.305 e. The lowest BCUT2D eigenvalue weighted by Crippen LogP contribution is -2.24. The van der Waals surface area contributed by atoms with Gasteiger partial charge < -0.3 is 14.8 Å². The van der Waals surface area contributed by atoms with Crippen LogP contribution in [0.3, 0.4) is 0 Å². The first-order valence-electron chi connectivity index (χ1n) is 6.76. The minimum absolute atomic E-state index is 0.00350. The molecule has 1 atom stereocenters. The summed E-state index contributed by atoms with van der Waals surface area (Å²) < 4.78 is 10.4. The molecule has 104 valence electrons. The van der Waals surface area contributed by atoms with E-state index in [-0.39, 0.29) is 18.0 Å². The molecule has 0 radical (unpaired) electrons. The SMILES string of the molecule is CCCNC(=O)CCCC(=O)OCC1CCCO1. The van der Waals surface area contributed by atoms with Crippen molar-refractivity contribution in [2.45, 2.75) is 51.6 Å². The van der Waals surface area contributed by atoms with Gasteiger partial charge in [-0.25, -0.2) is 0 Å². The Hall–Kier alpha value is -1.10. The van der Waals surface area contributed by atoms with Crippen LogP contribution in [-0.2, 0) is 19.1 Å². The summed E-state index contributed by atoms with van der Waals surface area (Å²) >= 11 is 0. The van der Waals surface area contributed by atoms with Crippen molar-refractivity contribution in [2.24, 2.45) is 0 Å². The fourth-order valence-electron chi connectivity index (χ4n) is 1.78. The molecule has 0 aromatic rings. The van der Waals surface area contributed by atoms with E-state index in [1.807, 2.05) is 6.92 Å². The van der Waals surface area contributed by atoms with Gasteiger partial charge in [0.2, 0.25) is 5.91 Å². The molecule has 1 rings (SSSR count). The highest BCUT2D eigenvalue weighted by Crippen LogP contribution is 2.12. The van der Waals surface area contributed by atoms with E-state index in [0.29, 0.717) is 32.4 Å². The first kappa shape index (κ1) is 15.0. The van der Waals surface area contributed by atoms with Crippen molar-refractivity contribution in [3.63, 3.8) is 0 Å². The van der Waals surface area contributed by atoms with E-state index in [4.69, 9.17) is 9.47 Å². The van der Waals surface area contributed by atoms with Gasteiger partial charge in [0.15, 0.2) is 0 Å². The third-order valence-corrected chi connectivity index (χ3v) is 2.81. The first-order valence-corrected chi connectivity index (χ1v) is 6.76. The molecule has 1 fully saturated rings. The second-order valence-corrected chi connectivity index (χ2v) is 4.52. The van der Waals surface area contributed by atoms with Crippen molar-refractivity contribution < 1.29 is 19.1 Å². The summed E-state index contributed by atoms with van der Waals surface area (Å²) in [6.45, 7) is 3.81. The number of nitrogens with one attached hydrogen (secondary N) is 1. The maximum atomic E-state index is 11.4. The molecule has 5 heteroatoms. The highest BCUT2D eigenvalue weighted by Gasteiger charge is 2.17. The molecule has 0 aliphatic carbocycles. The van der Waals surface area contributed by atoms with Crippen LogP contribution in [0, 0.1) is 0 Å². The molecule has 1 aliphatic rings. The summed E-state index contributed by atoms with van der Waals surface area (Å²) in [4.78, 5) is 22.7. The van der Waals surface area contributed by atoms with E-state index in [1.54, 1.807) is 0 Å². The fourth-order valence-corrected chi connectivity index (χ4v) is 1.78. The lowest BCUT2D eigenvalue weighted by molar-refractivity contribution is -0.147. The first-order chi connectivity index (χ1) is 8.72. The Morgan fingerprint density at radius 3 is 2.89 bits per heavy atom. The Labute approximate surface area is 108 Å². The lowest BCUT2D eigenvalue weighted by Gasteiger charge is -2.10. The molecular weight excluding hydrogens is 234 g/mol. The van der Waals surface area contributed by atoms with Crippen molar-refractivity contribution in [1.82, 2.24) is 5.32 Å². The number of hydrogen-bond acceptors (Lipinski definition) is 4. The summed E-state index contributed by atoms with van der Waals surface area (Å²) in [6.07, 6.45) is 4.23. The summed E-state index contributed by atoms with van der Waals surface area (Å²) in [7, 11) is 0. The number of rotatable bonds is 8. The van der Waals surface area contributed by atoms with Crippen molar-refractivity contribution in [3.05, 3.63) is 0 Å². The average molecular weight is 257 g/mol. The third-order valence-electron chi connectivity index (χ3n) is 2.81. The minimum atomic E-state index is -0.242. The molecule has 1 amide bonds. The molecule has 1 saturated heterocycles. The molecule has 0 spiro atoms. The third kappa shape index (κ3) is 6.59. The Kier molecular flexibility index (Phi) is 7.41.